The van der Waals surface area contributed by atoms with E-state index in [1.165, 1.54) is 6.92 Å². The second-order valence-electron chi connectivity index (χ2n) is 3.70. The molecule has 0 aliphatic heterocycles. The number of carbonyl (C=O) groups excluding carboxylic acids is 1. The van der Waals surface area contributed by atoms with Gasteiger partial charge in [0.05, 0.1) is 11.6 Å². The molecular formula is C11H12Br2N2O3. The van der Waals surface area contributed by atoms with Crippen molar-refractivity contribution in [2.24, 2.45) is 5.92 Å². The number of benzene rings is 1. The first-order valence-electron chi connectivity index (χ1n) is 5.13. The number of rotatable bonds is 4. The highest BCUT2D eigenvalue weighted by atomic mass is 79.9. The van der Waals surface area contributed by atoms with Crippen LogP contribution in [-0.2, 0) is 4.79 Å². The molecule has 1 unspecified atom stereocenters. The Balaban J connectivity index is 2.54. The van der Waals surface area contributed by atoms with Crippen LogP contribution in [0.4, 0.5) is 10.5 Å². The fraction of sp³-hybridized carbons (Fsp3) is 0.273. The van der Waals surface area contributed by atoms with E-state index < -0.39 is 17.9 Å². The highest BCUT2D eigenvalue weighted by molar-refractivity contribution is 9.11. The van der Waals surface area contributed by atoms with Crippen LogP contribution >= 0.6 is 31.9 Å². The molecule has 0 radical (unpaired) electrons. The lowest BCUT2D eigenvalue weighted by atomic mass is 10.2. The summed E-state index contributed by atoms with van der Waals surface area (Å²) in [4.78, 5) is 22.1. The van der Waals surface area contributed by atoms with Crippen LogP contribution in [0.15, 0.2) is 27.1 Å². The van der Waals surface area contributed by atoms with Gasteiger partial charge in [0.15, 0.2) is 0 Å². The molecule has 0 bridgehead atoms. The molecule has 0 spiro atoms. The van der Waals surface area contributed by atoms with Gasteiger partial charge in [0.1, 0.15) is 0 Å². The van der Waals surface area contributed by atoms with Gasteiger partial charge in [-0.2, -0.15) is 0 Å². The predicted octanol–water partition coefficient (Wildman–Crippen LogP) is 3.05. The molecule has 0 aliphatic rings. The predicted molar refractivity (Wildman–Crippen MR) is 75.7 cm³/mol. The van der Waals surface area contributed by atoms with Gasteiger partial charge >= 0.3 is 12.0 Å². The minimum atomic E-state index is -0.945. The lowest BCUT2D eigenvalue weighted by Gasteiger charge is -2.11. The SMILES string of the molecule is CC(CNC(=O)Nc1cc(Br)ccc1Br)C(=O)O. The van der Waals surface area contributed by atoms with Gasteiger partial charge < -0.3 is 15.7 Å². The Morgan fingerprint density at radius 2 is 2.06 bits per heavy atom. The van der Waals surface area contributed by atoms with E-state index in [4.69, 9.17) is 5.11 Å². The Hall–Kier alpha value is -1.08. The molecule has 1 rings (SSSR count). The van der Waals surface area contributed by atoms with Gasteiger partial charge in [-0.3, -0.25) is 4.79 Å². The van der Waals surface area contributed by atoms with Gasteiger partial charge in [-0.1, -0.05) is 22.9 Å². The topological polar surface area (TPSA) is 78.4 Å². The second kappa shape index (κ2) is 6.75. The Bertz CT molecular complexity index is 466. The van der Waals surface area contributed by atoms with E-state index in [0.717, 1.165) is 8.95 Å². The van der Waals surface area contributed by atoms with Crippen LogP contribution in [0, 0.1) is 5.92 Å². The Morgan fingerprint density at radius 3 is 2.67 bits per heavy atom. The summed E-state index contributed by atoms with van der Waals surface area (Å²) in [5.74, 6) is -1.57. The van der Waals surface area contributed by atoms with Crippen molar-refractivity contribution in [3.8, 4) is 0 Å². The molecule has 0 heterocycles. The van der Waals surface area contributed by atoms with Crippen molar-refractivity contribution in [3.05, 3.63) is 27.1 Å². The molecule has 0 saturated carbocycles. The molecular weight excluding hydrogens is 368 g/mol. The average molecular weight is 380 g/mol. The summed E-state index contributed by atoms with van der Waals surface area (Å²) in [6.07, 6.45) is 0. The maximum absolute atomic E-state index is 11.6. The highest BCUT2D eigenvalue weighted by Gasteiger charge is 2.12. The summed E-state index contributed by atoms with van der Waals surface area (Å²) >= 11 is 6.60. The quantitative estimate of drug-likeness (QED) is 0.752. The molecule has 0 aromatic heterocycles. The van der Waals surface area contributed by atoms with E-state index in [-0.39, 0.29) is 6.54 Å². The van der Waals surface area contributed by atoms with E-state index in [2.05, 4.69) is 42.5 Å². The van der Waals surface area contributed by atoms with E-state index in [1.807, 2.05) is 6.07 Å². The number of urea groups is 1. The van der Waals surface area contributed by atoms with Crippen molar-refractivity contribution in [1.82, 2.24) is 5.32 Å². The first kappa shape index (κ1) is 15.0. The average Bonchev–Trinajstić information content (AvgIpc) is 2.30. The molecule has 1 aromatic rings. The van der Waals surface area contributed by atoms with E-state index in [9.17, 15) is 9.59 Å². The Labute approximate surface area is 121 Å². The zero-order valence-electron chi connectivity index (χ0n) is 9.54. The van der Waals surface area contributed by atoms with Crippen LogP contribution in [0.3, 0.4) is 0 Å². The molecule has 18 heavy (non-hydrogen) atoms. The summed E-state index contributed by atoms with van der Waals surface area (Å²) in [6.45, 7) is 1.60. The van der Waals surface area contributed by atoms with Crippen LogP contribution < -0.4 is 10.6 Å². The van der Waals surface area contributed by atoms with Crippen LogP contribution in [0.1, 0.15) is 6.92 Å². The maximum atomic E-state index is 11.6. The zero-order valence-corrected chi connectivity index (χ0v) is 12.7. The van der Waals surface area contributed by atoms with Crippen molar-refractivity contribution in [2.75, 3.05) is 11.9 Å². The van der Waals surface area contributed by atoms with Gasteiger partial charge in [0.2, 0.25) is 0 Å². The first-order chi connectivity index (χ1) is 8.40. The molecule has 0 saturated heterocycles. The molecule has 0 fully saturated rings. The minimum Gasteiger partial charge on any atom is -0.481 e. The standard InChI is InChI=1S/C11H12Br2N2O3/c1-6(10(16)17)5-14-11(18)15-9-4-7(12)2-3-8(9)13/h2-4,6H,5H2,1H3,(H,16,17)(H2,14,15,18). The van der Waals surface area contributed by atoms with Gasteiger partial charge in [-0.05, 0) is 34.1 Å². The summed E-state index contributed by atoms with van der Waals surface area (Å²) in [7, 11) is 0. The number of hydrogen-bond acceptors (Lipinski definition) is 2. The van der Waals surface area contributed by atoms with Gasteiger partial charge in [0.25, 0.3) is 0 Å². The second-order valence-corrected chi connectivity index (χ2v) is 5.47. The van der Waals surface area contributed by atoms with Crippen LogP contribution in [-0.4, -0.2) is 23.7 Å². The van der Waals surface area contributed by atoms with Crippen LogP contribution in [0.2, 0.25) is 0 Å². The smallest absolute Gasteiger partial charge is 0.319 e. The molecule has 2 amide bonds. The fourth-order valence-corrected chi connectivity index (χ4v) is 1.80. The number of carboxylic acid groups (broad SMARTS) is 1. The summed E-state index contributed by atoms with van der Waals surface area (Å²) in [5.41, 5.74) is 0.602. The number of amides is 2. The maximum Gasteiger partial charge on any atom is 0.319 e. The van der Waals surface area contributed by atoms with Gasteiger partial charge in [-0.25, -0.2) is 4.79 Å². The largest absolute Gasteiger partial charge is 0.481 e. The van der Waals surface area contributed by atoms with Gasteiger partial charge in [0, 0.05) is 15.5 Å². The normalized spacial score (nSPS) is 11.7. The minimum absolute atomic E-state index is 0.0762. The number of carbonyl (C=O) groups is 2. The number of halogens is 2. The van der Waals surface area contributed by atoms with Crippen molar-refractivity contribution in [2.45, 2.75) is 6.92 Å². The number of nitrogens with one attached hydrogen (secondary N) is 2. The first-order valence-corrected chi connectivity index (χ1v) is 6.71. The van der Waals surface area contributed by atoms with Crippen molar-refractivity contribution < 1.29 is 14.7 Å². The molecule has 1 aromatic carbocycles. The zero-order chi connectivity index (χ0) is 13.7. The lowest BCUT2D eigenvalue weighted by Crippen LogP contribution is -2.34. The monoisotopic (exact) mass is 378 g/mol. The molecule has 1 atom stereocenters. The molecule has 3 N–H and O–H groups in total. The number of hydrogen-bond donors (Lipinski definition) is 3. The lowest BCUT2D eigenvalue weighted by molar-refractivity contribution is -0.140. The van der Waals surface area contributed by atoms with Crippen molar-refractivity contribution in [1.29, 1.82) is 0 Å². The highest BCUT2D eigenvalue weighted by Crippen LogP contribution is 2.25. The Morgan fingerprint density at radius 1 is 1.39 bits per heavy atom. The number of aliphatic carboxylic acids is 1. The summed E-state index contributed by atoms with van der Waals surface area (Å²) in [6, 6.07) is 4.92. The third-order valence-electron chi connectivity index (χ3n) is 2.17. The molecule has 7 heteroatoms. The molecule has 5 nitrogen and oxygen atoms in total. The van der Waals surface area contributed by atoms with Gasteiger partial charge in [-0.15, -0.1) is 0 Å². The summed E-state index contributed by atoms with van der Waals surface area (Å²) in [5, 5.41) is 13.8. The molecule has 98 valence electrons. The van der Waals surface area contributed by atoms with E-state index in [0.29, 0.717) is 5.69 Å². The van der Waals surface area contributed by atoms with E-state index >= 15 is 0 Å². The summed E-state index contributed by atoms with van der Waals surface area (Å²) < 4.78 is 1.58. The Kier molecular flexibility index (Phi) is 5.61. The fourth-order valence-electron chi connectivity index (χ4n) is 1.09. The molecule has 0 aliphatic carbocycles. The third kappa shape index (κ3) is 4.66. The van der Waals surface area contributed by atoms with Crippen LogP contribution in [0.5, 0.6) is 0 Å². The number of anilines is 1. The van der Waals surface area contributed by atoms with Crippen LogP contribution in [0.25, 0.3) is 0 Å². The van der Waals surface area contributed by atoms with E-state index in [1.54, 1.807) is 12.1 Å². The third-order valence-corrected chi connectivity index (χ3v) is 3.35. The van der Waals surface area contributed by atoms with Crippen molar-refractivity contribution >= 4 is 49.5 Å². The number of carboxylic acids is 1. The van der Waals surface area contributed by atoms with Crippen molar-refractivity contribution in [3.63, 3.8) is 0 Å².